The SMILES string of the molecule is COCCc1cc(COc2ccccc2CC(=O)O)cc(-c2cccc([C@@H](C)N)c2F)c1. The first kappa shape index (κ1) is 23.4. The maximum atomic E-state index is 15.2. The minimum Gasteiger partial charge on any atom is -0.489 e. The fourth-order valence-corrected chi connectivity index (χ4v) is 3.60. The molecule has 3 aromatic rings. The molecule has 0 spiro atoms. The summed E-state index contributed by atoms with van der Waals surface area (Å²) >= 11 is 0. The second-order valence-electron chi connectivity index (χ2n) is 7.75. The summed E-state index contributed by atoms with van der Waals surface area (Å²) in [4.78, 5) is 11.1. The summed E-state index contributed by atoms with van der Waals surface area (Å²) in [5.74, 6) is -0.733. The molecule has 3 rings (SSSR count). The van der Waals surface area contributed by atoms with Crippen molar-refractivity contribution in [1.29, 1.82) is 0 Å². The van der Waals surface area contributed by atoms with Crippen LogP contribution in [-0.2, 0) is 29.0 Å². The van der Waals surface area contributed by atoms with Crippen LogP contribution in [0.5, 0.6) is 5.75 Å². The van der Waals surface area contributed by atoms with Crippen molar-refractivity contribution in [3.05, 3.63) is 88.7 Å². The van der Waals surface area contributed by atoms with Gasteiger partial charge >= 0.3 is 5.97 Å². The molecule has 1 atom stereocenters. The largest absolute Gasteiger partial charge is 0.489 e. The van der Waals surface area contributed by atoms with Gasteiger partial charge in [0.05, 0.1) is 13.0 Å². The van der Waals surface area contributed by atoms with E-state index in [9.17, 15) is 4.79 Å². The number of benzene rings is 3. The zero-order valence-corrected chi connectivity index (χ0v) is 18.3. The predicted octanol–water partition coefficient (Wildman–Crippen LogP) is 4.91. The van der Waals surface area contributed by atoms with Crippen LogP contribution >= 0.6 is 0 Å². The third-order valence-corrected chi connectivity index (χ3v) is 5.19. The summed E-state index contributed by atoms with van der Waals surface area (Å²) in [5, 5.41) is 9.13. The Hall–Kier alpha value is -3.22. The first-order valence-corrected chi connectivity index (χ1v) is 10.5. The van der Waals surface area contributed by atoms with E-state index in [-0.39, 0.29) is 18.8 Å². The maximum Gasteiger partial charge on any atom is 0.307 e. The Labute approximate surface area is 187 Å². The number of carboxylic acid groups (broad SMARTS) is 1. The lowest BCUT2D eigenvalue weighted by Gasteiger charge is -2.15. The number of para-hydroxylation sites is 1. The molecule has 0 heterocycles. The van der Waals surface area contributed by atoms with Crippen molar-refractivity contribution in [3.63, 3.8) is 0 Å². The highest BCUT2D eigenvalue weighted by atomic mass is 19.1. The molecule has 0 radical (unpaired) electrons. The second-order valence-corrected chi connectivity index (χ2v) is 7.75. The van der Waals surface area contributed by atoms with E-state index in [2.05, 4.69) is 0 Å². The van der Waals surface area contributed by atoms with Crippen molar-refractivity contribution in [3.8, 4) is 16.9 Å². The number of carbonyl (C=O) groups is 1. The summed E-state index contributed by atoms with van der Waals surface area (Å²) in [6.07, 6.45) is 0.548. The lowest BCUT2D eigenvalue weighted by atomic mass is 9.95. The second kappa shape index (κ2) is 10.9. The maximum absolute atomic E-state index is 15.2. The van der Waals surface area contributed by atoms with E-state index in [0.717, 1.165) is 16.7 Å². The van der Waals surface area contributed by atoms with Crippen LogP contribution in [0.15, 0.2) is 60.7 Å². The van der Waals surface area contributed by atoms with Gasteiger partial charge in [-0.15, -0.1) is 0 Å². The smallest absolute Gasteiger partial charge is 0.307 e. The minimum absolute atomic E-state index is 0.120. The quantitative estimate of drug-likeness (QED) is 0.471. The van der Waals surface area contributed by atoms with Gasteiger partial charge in [0.1, 0.15) is 18.2 Å². The summed E-state index contributed by atoms with van der Waals surface area (Å²) in [7, 11) is 1.64. The summed E-state index contributed by atoms with van der Waals surface area (Å²) < 4.78 is 26.3. The van der Waals surface area contributed by atoms with Crippen molar-refractivity contribution < 1.29 is 23.8 Å². The van der Waals surface area contributed by atoms with E-state index in [0.29, 0.717) is 35.5 Å². The molecule has 0 saturated heterocycles. The Bertz CT molecular complexity index is 1080. The first-order chi connectivity index (χ1) is 15.4. The van der Waals surface area contributed by atoms with E-state index in [1.807, 2.05) is 18.2 Å². The molecule has 3 N–H and O–H groups in total. The van der Waals surface area contributed by atoms with Crippen LogP contribution in [0.25, 0.3) is 11.1 Å². The number of ether oxygens (including phenoxy) is 2. The number of carboxylic acids is 1. The number of nitrogens with two attached hydrogens (primary N) is 1. The fraction of sp³-hybridized carbons (Fsp3) is 0.269. The van der Waals surface area contributed by atoms with Crippen molar-refractivity contribution in [1.82, 2.24) is 0 Å². The average Bonchev–Trinajstić information content (AvgIpc) is 2.76. The van der Waals surface area contributed by atoms with Crippen molar-refractivity contribution in [2.75, 3.05) is 13.7 Å². The lowest BCUT2D eigenvalue weighted by Crippen LogP contribution is -2.08. The average molecular weight is 438 g/mol. The summed E-state index contributed by atoms with van der Waals surface area (Å²) in [5.41, 5.74) is 10.1. The Balaban J connectivity index is 1.94. The molecule has 0 unspecified atom stereocenters. The predicted molar refractivity (Wildman–Crippen MR) is 122 cm³/mol. The molecule has 0 aliphatic rings. The Morgan fingerprint density at radius 3 is 2.56 bits per heavy atom. The van der Waals surface area contributed by atoms with Gasteiger partial charge in [0.2, 0.25) is 0 Å². The van der Waals surface area contributed by atoms with Gasteiger partial charge in [0, 0.05) is 29.8 Å². The van der Waals surface area contributed by atoms with Crippen LogP contribution in [0, 0.1) is 5.82 Å². The molecule has 6 heteroatoms. The van der Waals surface area contributed by atoms with Crippen molar-refractivity contribution in [2.45, 2.75) is 32.4 Å². The Morgan fingerprint density at radius 1 is 1.09 bits per heavy atom. The zero-order chi connectivity index (χ0) is 23.1. The number of hydrogen-bond donors (Lipinski definition) is 2. The third-order valence-electron chi connectivity index (χ3n) is 5.19. The first-order valence-electron chi connectivity index (χ1n) is 10.5. The highest BCUT2D eigenvalue weighted by molar-refractivity contribution is 5.71. The van der Waals surface area contributed by atoms with E-state index in [1.54, 1.807) is 56.5 Å². The molecule has 5 nitrogen and oxygen atoms in total. The molecular formula is C26H28FNO4. The van der Waals surface area contributed by atoms with Gasteiger partial charge in [0.15, 0.2) is 0 Å². The summed E-state index contributed by atoms with van der Waals surface area (Å²) in [6.45, 7) is 2.51. The number of rotatable bonds is 10. The van der Waals surface area contributed by atoms with Crippen LogP contribution in [0.2, 0.25) is 0 Å². The van der Waals surface area contributed by atoms with Crippen LogP contribution < -0.4 is 10.5 Å². The highest BCUT2D eigenvalue weighted by Gasteiger charge is 2.15. The number of aliphatic carboxylic acids is 1. The Morgan fingerprint density at radius 2 is 1.84 bits per heavy atom. The topological polar surface area (TPSA) is 81.8 Å². The van der Waals surface area contributed by atoms with Crippen molar-refractivity contribution in [2.24, 2.45) is 5.73 Å². The monoisotopic (exact) mass is 437 g/mol. The van der Waals surface area contributed by atoms with Crippen LogP contribution in [0.1, 0.15) is 35.2 Å². The molecule has 0 amide bonds. The molecule has 0 fully saturated rings. The van der Waals surface area contributed by atoms with Crippen molar-refractivity contribution >= 4 is 5.97 Å². The van der Waals surface area contributed by atoms with E-state index < -0.39 is 12.0 Å². The third kappa shape index (κ3) is 5.93. The van der Waals surface area contributed by atoms with Gasteiger partial charge in [-0.3, -0.25) is 4.79 Å². The molecular weight excluding hydrogens is 409 g/mol. The van der Waals surface area contributed by atoms with Gasteiger partial charge in [-0.25, -0.2) is 4.39 Å². The number of halogens is 1. The molecule has 0 saturated carbocycles. The van der Waals surface area contributed by atoms with Gasteiger partial charge in [-0.05, 0) is 42.2 Å². The molecule has 32 heavy (non-hydrogen) atoms. The van der Waals surface area contributed by atoms with Gasteiger partial charge in [-0.1, -0.05) is 48.5 Å². The minimum atomic E-state index is -0.922. The van der Waals surface area contributed by atoms with E-state index in [1.165, 1.54) is 0 Å². The highest BCUT2D eigenvalue weighted by Crippen LogP contribution is 2.30. The normalized spacial score (nSPS) is 11.9. The molecule has 0 aliphatic heterocycles. The standard InChI is InChI=1S/C26H28FNO4/c1-17(28)22-7-5-8-23(26(22)27)21-13-18(10-11-31-2)12-19(14-21)16-32-24-9-4-3-6-20(24)15-25(29)30/h3-9,12-14,17H,10-11,15-16,28H2,1-2H3,(H,29,30)/t17-/m1/s1. The van der Waals surface area contributed by atoms with Gasteiger partial charge < -0.3 is 20.3 Å². The lowest BCUT2D eigenvalue weighted by molar-refractivity contribution is -0.136. The van der Waals surface area contributed by atoms with Crippen LogP contribution in [-0.4, -0.2) is 24.8 Å². The van der Waals surface area contributed by atoms with Crippen LogP contribution in [0.4, 0.5) is 4.39 Å². The molecule has 0 aromatic heterocycles. The molecule has 0 bridgehead atoms. The number of hydrogen-bond acceptors (Lipinski definition) is 4. The van der Waals surface area contributed by atoms with Crippen LogP contribution in [0.3, 0.4) is 0 Å². The van der Waals surface area contributed by atoms with E-state index in [4.69, 9.17) is 20.3 Å². The van der Waals surface area contributed by atoms with Gasteiger partial charge in [-0.2, -0.15) is 0 Å². The molecule has 3 aromatic carbocycles. The zero-order valence-electron chi connectivity index (χ0n) is 18.3. The summed E-state index contributed by atoms with van der Waals surface area (Å²) in [6, 6.07) is 17.7. The fourth-order valence-electron chi connectivity index (χ4n) is 3.60. The number of methoxy groups -OCH3 is 1. The van der Waals surface area contributed by atoms with E-state index >= 15 is 4.39 Å². The molecule has 168 valence electrons. The Kier molecular flexibility index (Phi) is 7.98. The molecule has 0 aliphatic carbocycles. The van der Waals surface area contributed by atoms with Gasteiger partial charge in [0.25, 0.3) is 0 Å².